The fourth-order valence-corrected chi connectivity index (χ4v) is 9.74. The van der Waals surface area contributed by atoms with E-state index in [4.69, 9.17) is 28.9 Å². The van der Waals surface area contributed by atoms with Crippen molar-refractivity contribution >= 4 is 45.8 Å². The molecule has 2 fully saturated rings. The lowest BCUT2D eigenvalue weighted by Crippen LogP contribution is -2.55. The van der Waals surface area contributed by atoms with Crippen LogP contribution in [-0.4, -0.2) is 128 Å². The molecule has 2 saturated heterocycles. The van der Waals surface area contributed by atoms with Crippen LogP contribution < -0.4 is 10.1 Å². The first kappa shape index (κ1) is 43.4. The number of likely N-dealkylation sites (N-methyl/N-ethyl adjacent to an activating group) is 1. The lowest BCUT2D eigenvalue weighted by molar-refractivity contribution is -0.144. The molecule has 0 unspecified atom stereocenters. The zero-order valence-electron chi connectivity index (χ0n) is 36.9. The van der Waals surface area contributed by atoms with E-state index in [2.05, 4.69) is 45.6 Å². The number of alkyl carbamates (subject to hydrolysis) is 1. The Morgan fingerprint density at radius 3 is 2.38 bits per heavy atom. The maximum atomic E-state index is 14.2. The standard InChI is InChI=1S/C46H56N8O9/c1-9-29-13-17-35(54(29)44(56)40(25(4)61-7)52(5)46(58)59)41-47-21-34(49-41)27-11-14-30-28(18-27)22-63-37-20-31-26(19-32(30)37)12-15-33-39(31)50-42(48-33)36-16-10-23(2)53(36)43(55)38(24(3)60-6)51-45(57)62-8/h11-12,14-15,18-21,23-25,29,35-36,38,40H,9-10,13,16-17,22H2,1-8H3,(H,47,49)(H,48,50)(H,51,57)(H,58,59)/t23-,24+,25+,29-,35-,36-,38-,40-/m0/s1. The second-order valence-corrected chi connectivity index (χ2v) is 16.9. The van der Waals surface area contributed by atoms with Gasteiger partial charge in [-0.05, 0) is 99.2 Å². The van der Waals surface area contributed by atoms with Crippen molar-refractivity contribution in [2.75, 3.05) is 28.4 Å². The molecule has 5 aromatic rings. The zero-order chi connectivity index (χ0) is 44.9. The van der Waals surface area contributed by atoms with E-state index in [9.17, 15) is 24.3 Å². The smallest absolute Gasteiger partial charge is 0.407 e. The number of H-pyrrole nitrogens is 2. The summed E-state index contributed by atoms with van der Waals surface area (Å²) in [5.74, 6) is 1.50. The molecule has 334 valence electrons. The van der Waals surface area contributed by atoms with Crippen molar-refractivity contribution in [2.45, 2.75) is 115 Å². The summed E-state index contributed by atoms with van der Waals surface area (Å²) in [6, 6.07) is 11.7. The maximum absolute atomic E-state index is 14.2. The van der Waals surface area contributed by atoms with Gasteiger partial charge in [0.2, 0.25) is 11.8 Å². The Kier molecular flexibility index (Phi) is 12.1. The fourth-order valence-electron chi connectivity index (χ4n) is 9.74. The van der Waals surface area contributed by atoms with Crippen LogP contribution in [0.1, 0.15) is 89.1 Å². The number of aromatic nitrogens is 4. The number of ether oxygens (including phenoxy) is 4. The number of imidazole rings is 2. The van der Waals surface area contributed by atoms with E-state index in [-0.39, 0.29) is 36.0 Å². The summed E-state index contributed by atoms with van der Waals surface area (Å²) < 4.78 is 22.2. The quantitative estimate of drug-likeness (QED) is 0.101. The Balaban J connectivity index is 1.05. The van der Waals surface area contributed by atoms with Crippen molar-refractivity contribution in [3.05, 3.63) is 65.9 Å². The summed E-state index contributed by atoms with van der Waals surface area (Å²) in [6.45, 7) is 7.83. The molecule has 2 aromatic heterocycles. The van der Waals surface area contributed by atoms with Crippen LogP contribution >= 0.6 is 0 Å². The van der Waals surface area contributed by atoms with Gasteiger partial charge in [-0.2, -0.15) is 0 Å². The molecule has 8 atom stereocenters. The van der Waals surface area contributed by atoms with E-state index in [0.717, 1.165) is 79.7 Å². The van der Waals surface area contributed by atoms with Crippen molar-refractivity contribution in [1.82, 2.24) is 40.0 Å². The number of fused-ring (bicyclic) bond motifs is 6. The van der Waals surface area contributed by atoms with Gasteiger partial charge in [0.1, 0.15) is 36.1 Å². The third kappa shape index (κ3) is 7.81. The highest BCUT2D eigenvalue weighted by molar-refractivity contribution is 6.07. The third-order valence-electron chi connectivity index (χ3n) is 13.4. The third-order valence-corrected chi connectivity index (χ3v) is 13.4. The molecule has 3 aliphatic heterocycles. The molecule has 0 aliphatic carbocycles. The number of carbonyl (C=O) groups excluding carboxylic acids is 3. The molecule has 5 heterocycles. The summed E-state index contributed by atoms with van der Waals surface area (Å²) in [4.78, 5) is 73.9. The van der Waals surface area contributed by atoms with Crippen LogP contribution in [0.2, 0.25) is 0 Å². The first-order valence-corrected chi connectivity index (χ1v) is 21.6. The predicted octanol–water partition coefficient (Wildman–Crippen LogP) is 6.93. The highest BCUT2D eigenvalue weighted by Gasteiger charge is 2.45. The van der Waals surface area contributed by atoms with Gasteiger partial charge in [-0.1, -0.05) is 25.1 Å². The topological polar surface area (TPSA) is 205 Å². The molecule has 4 N–H and O–H groups in total. The molecule has 0 radical (unpaired) electrons. The molecule has 0 bridgehead atoms. The van der Waals surface area contributed by atoms with Crippen LogP contribution in [0.15, 0.2) is 48.7 Å². The number of carbonyl (C=O) groups is 4. The van der Waals surface area contributed by atoms with Crippen molar-refractivity contribution in [3.63, 3.8) is 0 Å². The van der Waals surface area contributed by atoms with Gasteiger partial charge in [-0.25, -0.2) is 19.6 Å². The number of amides is 4. The van der Waals surface area contributed by atoms with Crippen molar-refractivity contribution in [1.29, 1.82) is 0 Å². The molecule has 17 heteroatoms. The minimum Gasteiger partial charge on any atom is -0.488 e. The largest absolute Gasteiger partial charge is 0.488 e. The fraction of sp³-hybridized carbons (Fsp3) is 0.478. The van der Waals surface area contributed by atoms with Crippen LogP contribution in [0.5, 0.6) is 5.75 Å². The van der Waals surface area contributed by atoms with Gasteiger partial charge in [0.15, 0.2) is 0 Å². The molecule has 0 spiro atoms. The molecule has 3 aromatic carbocycles. The SMILES string of the molecule is CC[C@H]1CC[C@@H](c2ncc(-c3ccc4c(c3)COc3cc5c(ccc6[nH]c([C@@H]7CC[C@H](C)N7C(=O)[C@@H](NC(=O)OC)[C@@H](C)OC)nc65)cc3-4)[nH]2)N1C(=O)[C@H]([C@@H](C)OC)N(C)C(=O)O. The molecule has 63 heavy (non-hydrogen) atoms. The molecular formula is C46H56N8O9. The van der Waals surface area contributed by atoms with E-state index >= 15 is 0 Å². The van der Waals surface area contributed by atoms with E-state index in [1.54, 1.807) is 29.8 Å². The van der Waals surface area contributed by atoms with Gasteiger partial charge in [0.05, 0.1) is 54.3 Å². The van der Waals surface area contributed by atoms with E-state index in [1.165, 1.54) is 28.4 Å². The van der Waals surface area contributed by atoms with Gasteiger partial charge in [0, 0.05) is 44.3 Å². The number of rotatable bonds is 12. The highest BCUT2D eigenvalue weighted by Crippen LogP contribution is 2.44. The maximum Gasteiger partial charge on any atom is 0.407 e. The van der Waals surface area contributed by atoms with Crippen LogP contribution in [0.25, 0.3) is 44.2 Å². The zero-order valence-corrected chi connectivity index (χ0v) is 36.9. The monoisotopic (exact) mass is 864 g/mol. The van der Waals surface area contributed by atoms with Gasteiger partial charge < -0.3 is 49.1 Å². The van der Waals surface area contributed by atoms with Crippen LogP contribution in [0.4, 0.5) is 9.59 Å². The number of carboxylic acid groups (broad SMARTS) is 1. The van der Waals surface area contributed by atoms with Crippen molar-refractivity contribution < 1.29 is 43.2 Å². The van der Waals surface area contributed by atoms with Gasteiger partial charge >= 0.3 is 12.2 Å². The summed E-state index contributed by atoms with van der Waals surface area (Å²) >= 11 is 0. The van der Waals surface area contributed by atoms with Crippen LogP contribution in [0.3, 0.4) is 0 Å². The number of nitrogens with zero attached hydrogens (tertiary/aromatic N) is 5. The average Bonchev–Trinajstić information content (AvgIpc) is 4.12. The van der Waals surface area contributed by atoms with Crippen LogP contribution in [0, 0.1) is 0 Å². The minimum absolute atomic E-state index is 0.0632. The summed E-state index contributed by atoms with van der Waals surface area (Å²) in [5.41, 5.74) is 6.36. The van der Waals surface area contributed by atoms with Gasteiger partial charge in [0.25, 0.3) is 0 Å². The highest BCUT2D eigenvalue weighted by atomic mass is 16.5. The molecule has 8 rings (SSSR count). The number of methoxy groups -OCH3 is 3. The number of benzene rings is 3. The van der Waals surface area contributed by atoms with Gasteiger partial charge in [-0.3, -0.25) is 14.5 Å². The number of aromatic amines is 2. The van der Waals surface area contributed by atoms with Gasteiger partial charge in [-0.15, -0.1) is 0 Å². The number of hydrogen-bond donors (Lipinski definition) is 4. The normalized spacial score (nSPS) is 21.3. The Labute approximate surface area is 365 Å². The van der Waals surface area contributed by atoms with E-state index in [0.29, 0.717) is 31.1 Å². The van der Waals surface area contributed by atoms with Crippen LogP contribution in [-0.2, 0) is 30.4 Å². The second-order valence-electron chi connectivity index (χ2n) is 16.9. The molecular weight excluding hydrogens is 809 g/mol. The first-order valence-electron chi connectivity index (χ1n) is 21.6. The Morgan fingerprint density at radius 1 is 0.921 bits per heavy atom. The Morgan fingerprint density at radius 2 is 1.67 bits per heavy atom. The Bertz CT molecular complexity index is 2560. The average molecular weight is 865 g/mol. The Hall–Kier alpha value is -6.20. The summed E-state index contributed by atoms with van der Waals surface area (Å²) in [6.07, 6.45) is 2.31. The van der Waals surface area contributed by atoms with E-state index < -0.39 is 36.5 Å². The molecule has 0 saturated carbocycles. The minimum atomic E-state index is -1.20. The first-order chi connectivity index (χ1) is 30.3. The molecule has 3 aliphatic rings. The lowest BCUT2D eigenvalue weighted by Gasteiger charge is -2.37. The lowest BCUT2D eigenvalue weighted by atomic mass is 9.92. The predicted molar refractivity (Wildman–Crippen MR) is 234 cm³/mol. The second kappa shape index (κ2) is 17.5. The molecule has 17 nitrogen and oxygen atoms in total. The molecule has 4 amide bonds. The summed E-state index contributed by atoms with van der Waals surface area (Å²) in [7, 11) is 5.64. The van der Waals surface area contributed by atoms with Crippen molar-refractivity contribution in [2.24, 2.45) is 0 Å². The number of hydrogen-bond acceptors (Lipinski definition) is 10. The number of nitrogens with one attached hydrogen (secondary N) is 3. The van der Waals surface area contributed by atoms with Crippen molar-refractivity contribution in [3.8, 4) is 28.1 Å². The number of likely N-dealkylation sites (tertiary alicyclic amines) is 2. The van der Waals surface area contributed by atoms with E-state index in [1.807, 2.05) is 26.0 Å². The summed E-state index contributed by atoms with van der Waals surface area (Å²) in [5, 5.41) is 14.4.